The van der Waals surface area contributed by atoms with E-state index in [0.717, 1.165) is 5.56 Å². The van der Waals surface area contributed by atoms with Gasteiger partial charge in [0.15, 0.2) is 0 Å². The second-order valence-corrected chi connectivity index (χ2v) is 6.76. The topological polar surface area (TPSA) is 102 Å². The van der Waals surface area contributed by atoms with E-state index in [0.29, 0.717) is 6.42 Å². The predicted molar refractivity (Wildman–Crippen MR) is 86.1 cm³/mol. The van der Waals surface area contributed by atoms with Crippen LogP contribution in [-0.4, -0.2) is 18.3 Å². The second kappa shape index (κ2) is 7.30. The van der Waals surface area contributed by atoms with Gasteiger partial charge in [-0.2, -0.15) is 0 Å². The molecule has 0 radical (unpaired) electrons. The van der Waals surface area contributed by atoms with Gasteiger partial charge in [-0.3, -0.25) is 15.1 Å². The zero-order valence-corrected chi connectivity index (χ0v) is 13.4. The zero-order chi connectivity index (χ0) is 16.9. The molecule has 0 saturated heterocycles. The van der Waals surface area contributed by atoms with E-state index in [9.17, 15) is 18.5 Å². The Hall–Kier alpha value is -2.32. The van der Waals surface area contributed by atoms with E-state index >= 15 is 0 Å². The lowest BCUT2D eigenvalue weighted by Gasteiger charge is -2.17. The first-order chi connectivity index (χ1) is 10.9. The van der Waals surface area contributed by atoms with Crippen molar-refractivity contribution < 1.29 is 13.3 Å². The number of nitrogens with zero attached hydrogens (tertiary/aromatic N) is 2. The number of hydrogen-bond donors (Lipinski definition) is 1. The van der Waals surface area contributed by atoms with Gasteiger partial charge in [-0.05, 0) is 24.1 Å². The van der Waals surface area contributed by atoms with E-state index < -0.39 is 26.7 Å². The molecule has 2 rings (SSSR count). The minimum Gasteiger partial charge on any atom is -0.265 e. The summed E-state index contributed by atoms with van der Waals surface area (Å²) in [6.07, 6.45) is 3.74. The van der Waals surface area contributed by atoms with Gasteiger partial charge < -0.3 is 0 Å². The number of rotatable bonds is 7. The maximum absolute atomic E-state index is 12.4. The number of hydrogen-bond acceptors (Lipinski definition) is 5. The van der Waals surface area contributed by atoms with Crippen LogP contribution in [0, 0.1) is 10.1 Å². The number of nitro groups is 1. The van der Waals surface area contributed by atoms with Gasteiger partial charge in [-0.25, -0.2) is 13.1 Å². The van der Waals surface area contributed by atoms with Crippen molar-refractivity contribution in [3.05, 3.63) is 70.0 Å². The number of nitrogens with one attached hydrogen (secondary N) is 1. The number of para-hydroxylation sites is 1. The van der Waals surface area contributed by atoms with Gasteiger partial charge in [0.1, 0.15) is 0 Å². The summed E-state index contributed by atoms with van der Waals surface area (Å²) in [4.78, 5) is 14.3. The number of pyridine rings is 1. The Kier molecular flexibility index (Phi) is 5.41. The smallest absolute Gasteiger partial charge is 0.265 e. The lowest BCUT2D eigenvalue weighted by molar-refractivity contribution is -0.385. The molecule has 1 aromatic carbocycles. The van der Waals surface area contributed by atoms with Crippen LogP contribution < -0.4 is 4.72 Å². The molecule has 0 fully saturated rings. The molecule has 2 aromatic rings. The summed E-state index contributed by atoms with van der Waals surface area (Å²) >= 11 is 0. The fraction of sp³-hybridized carbons (Fsp3) is 0.267. The van der Waals surface area contributed by atoms with E-state index in [-0.39, 0.29) is 11.3 Å². The first-order valence-electron chi connectivity index (χ1n) is 7.05. The van der Waals surface area contributed by atoms with Crippen molar-refractivity contribution in [2.75, 3.05) is 0 Å². The van der Waals surface area contributed by atoms with Crippen LogP contribution in [-0.2, 0) is 15.8 Å². The van der Waals surface area contributed by atoms with Gasteiger partial charge in [0.2, 0.25) is 10.0 Å². The van der Waals surface area contributed by atoms with E-state index in [1.54, 1.807) is 30.6 Å². The highest BCUT2D eigenvalue weighted by Crippen LogP contribution is 2.22. The lowest BCUT2D eigenvalue weighted by Crippen LogP contribution is -2.29. The van der Waals surface area contributed by atoms with Crippen LogP contribution in [0.25, 0.3) is 0 Å². The Morgan fingerprint density at radius 2 is 1.87 bits per heavy atom. The van der Waals surface area contributed by atoms with Crippen molar-refractivity contribution in [1.29, 1.82) is 0 Å². The van der Waals surface area contributed by atoms with Gasteiger partial charge in [0.25, 0.3) is 5.69 Å². The maximum Gasteiger partial charge on any atom is 0.273 e. The normalized spacial score (nSPS) is 12.7. The van der Waals surface area contributed by atoms with Crippen LogP contribution in [0.3, 0.4) is 0 Å². The summed E-state index contributed by atoms with van der Waals surface area (Å²) in [7, 11) is -3.72. The van der Waals surface area contributed by atoms with Crippen LogP contribution in [0.15, 0.2) is 48.8 Å². The number of nitro benzene ring substituents is 1. The molecule has 1 atom stereocenters. The third kappa shape index (κ3) is 4.57. The van der Waals surface area contributed by atoms with Crippen molar-refractivity contribution in [3.63, 3.8) is 0 Å². The van der Waals surface area contributed by atoms with E-state index in [2.05, 4.69) is 9.71 Å². The predicted octanol–water partition coefficient (Wildman–Crippen LogP) is 2.56. The Bertz CT molecular complexity index is 778. The van der Waals surface area contributed by atoms with E-state index in [4.69, 9.17) is 0 Å². The molecule has 0 amide bonds. The average molecular weight is 335 g/mol. The molecule has 0 aliphatic rings. The van der Waals surface area contributed by atoms with Crippen LogP contribution in [0.1, 0.15) is 30.5 Å². The summed E-state index contributed by atoms with van der Waals surface area (Å²) in [5.74, 6) is -0.439. The molecule has 0 saturated carbocycles. The third-order valence-corrected chi connectivity index (χ3v) is 4.71. The van der Waals surface area contributed by atoms with E-state index in [1.807, 2.05) is 6.92 Å². The lowest BCUT2D eigenvalue weighted by atomic mass is 10.1. The fourth-order valence-electron chi connectivity index (χ4n) is 2.26. The van der Waals surface area contributed by atoms with Gasteiger partial charge in [-0.15, -0.1) is 0 Å². The van der Waals surface area contributed by atoms with Gasteiger partial charge in [0.05, 0.1) is 10.7 Å². The molecule has 1 aromatic heterocycles. The number of sulfonamides is 1. The van der Waals surface area contributed by atoms with Crippen LogP contribution in [0.2, 0.25) is 0 Å². The molecule has 0 spiro atoms. The van der Waals surface area contributed by atoms with Crippen LogP contribution >= 0.6 is 0 Å². The summed E-state index contributed by atoms with van der Waals surface area (Å²) < 4.78 is 27.3. The van der Waals surface area contributed by atoms with Crippen molar-refractivity contribution in [3.8, 4) is 0 Å². The Morgan fingerprint density at radius 1 is 1.22 bits per heavy atom. The molecule has 122 valence electrons. The highest BCUT2D eigenvalue weighted by atomic mass is 32.2. The van der Waals surface area contributed by atoms with Crippen LogP contribution in [0.4, 0.5) is 5.69 Å². The molecule has 23 heavy (non-hydrogen) atoms. The average Bonchev–Trinajstić information content (AvgIpc) is 2.53. The molecular formula is C15H17N3O4S. The van der Waals surface area contributed by atoms with Gasteiger partial charge in [-0.1, -0.05) is 25.1 Å². The molecular weight excluding hydrogens is 318 g/mol. The Labute approximate surface area is 134 Å². The fourth-order valence-corrected chi connectivity index (χ4v) is 3.73. The summed E-state index contributed by atoms with van der Waals surface area (Å²) in [5.41, 5.74) is 0.762. The minimum atomic E-state index is -3.72. The Balaban J connectivity index is 2.21. The molecule has 7 nitrogen and oxygen atoms in total. The van der Waals surface area contributed by atoms with E-state index in [1.165, 1.54) is 18.2 Å². The zero-order valence-electron chi connectivity index (χ0n) is 12.5. The first-order valence-corrected chi connectivity index (χ1v) is 8.70. The molecule has 0 aliphatic heterocycles. The highest BCUT2D eigenvalue weighted by molar-refractivity contribution is 7.88. The van der Waals surface area contributed by atoms with Crippen molar-refractivity contribution in [1.82, 2.24) is 9.71 Å². The quantitative estimate of drug-likeness (QED) is 0.619. The Morgan fingerprint density at radius 3 is 2.48 bits per heavy atom. The molecule has 0 bridgehead atoms. The van der Waals surface area contributed by atoms with Crippen LogP contribution in [0.5, 0.6) is 0 Å². The van der Waals surface area contributed by atoms with Crippen molar-refractivity contribution in [2.45, 2.75) is 25.1 Å². The molecule has 8 heteroatoms. The molecule has 1 N–H and O–H groups in total. The number of aromatic nitrogens is 1. The summed E-state index contributed by atoms with van der Waals surface area (Å²) in [6.45, 7) is 1.86. The van der Waals surface area contributed by atoms with Gasteiger partial charge >= 0.3 is 0 Å². The minimum absolute atomic E-state index is 0.162. The molecule has 1 heterocycles. The molecule has 0 aliphatic carbocycles. The highest BCUT2D eigenvalue weighted by Gasteiger charge is 2.22. The first kappa shape index (κ1) is 17.0. The monoisotopic (exact) mass is 335 g/mol. The summed E-state index contributed by atoms with van der Waals surface area (Å²) in [6, 6.07) is 8.91. The molecule has 0 unspecified atom stereocenters. The summed E-state index contributed by atoms with van der Waals surface area (Å²) in [5, 5.41) is 11.0. The van der Waals surface area contributed by atoms with Crippen molar-refractivity contribution in [2.24, 2.45) is 0 Å². The third-order valence-electron chi connectivity index (χ3n) is 3.37. The standard InChI is InChI=1S/C15H17N3O4S/c1-2-14(12-7-9-16-10-8-12)17-23(21,22)11-13-5-3-4-6-15(13)18(19)20/h3-10,14,17H,2,11H2,1H3/t14-/m1/s1. The van der Waals surface area contributed by atoms with Crippen molar-refractivity contribution >= 4 is 15.7 Å². The maximum atomic E-state index is 12.4. The number of benzene rings is 1. The SMILES string of the molecule is CC[C@@H](NS(=O)(=O)Cc1ccccc1[N+](=O)[O-])c1ccncc1. The second-order valence-electron chi connectivity index (χ2n) is 5.00. The largest absolute Gasteiger partial charge is 0.273 e. The van der Waals surface area contributed by atoms with Gasteiger partial charge in [0, 0.05) is 30.1 Å².